The molecular weight excluding hydrogens is 440 g/mol. The summed E-state index contributed by atoms with van der Waals surface area (Å²) in [6.07, 6.45) is 3.54. The fourth-order valence-corrected chi connectivity index (χ4v) is 3.24. The molecule has 1 heterocycles. The summed E-state index contributed by atoms with van der Waals surface area (Å²) in [5.41, 5.74) is 4.30. The van der Waals surface area contributed by atoms with Gasteiger partial charge in [-0.3, -0.25) is 4.79 Å². The van der Waals surface area contributed by atoms with Gasteiger partial charge in [0.25, 0.3) is 0 Å². The van der Waals surface area contributed by atoms with Crippen molar-refractivity contribution in [2.75, 3.05) is 19.8 Å². The molecule has 0 aliphatic rings. The Morgan fingerprint density at radius 2 is 1.91 bits per heavy atom. The van der Waals surface area contributed by atoms with Crippen LogP contribution in [0.4, 0.5) is 0 Å². The highest BCUT2D eigenvalue weighted by molar-refractivity contribution is 5.96. The van der Waals surface area contributed by atoms with Gasteiger partial charge in [0.05, 0.1) is 19.4 Å². The minimum atomic E-state index is -1.10. The van der Waals surface area contributed by atoms with Gasteiger partial charge in [-0.25, -0.2) is 10.2 Å². The molecule has 178 valence electrons. The number of carboxylic acid groups (broad SMARTS) is 1. The lowest BCUT2D eigenvalue weighted by molar-refractivity contribution is -0.139. The molecule has 0 atom stereocenters. The summed E-state index contributed by atoms with van der Waals surface area (Å²) in [6, 6.07) is 10.3. The minimum Gasteiger partial charge on any atom is -0.494 e. The molecule has 3 rings (SSSR count). The first-order valence-electron chi connectivity index (χ1n) is 10.7. The number of hydrazone groups is 1. The smallest absolute Gasteiger partial charge is 0.341 e. The van der Waals surface area contributed by atoms with Gasteiger partial charge < -0.3 is 23.7 Å². The van der Waals surface area contributed by atoms with Crippen molar-refractivity contribution in [3.8, 4) is 17.2 Å². The molecule has 0 radical (unpaired) electrons. The number of fused-ring (bicyclic) bond motifs is 1. The number of amides is 1. The molecule has 0 unspecified atom stereocenters. The first kappa shape index (κ1) is 24.4. The maximum absolute atomic E-state index is 12.5. The Bertz CT molecular complexity index is 1210. The van der Waals surface area contributed by atoms with Crippen molar-refractivity contribution in [1.29, 1.82) is 0 Å². The molecule has 0 fully saturated rings. The molecule has 2 N–H and O–H groups in total. The van der Waals surface area contributed by atoms with Crippen LogP contribution in [0.3, 0.4) is 0 Å². The van der Waals surface area contributed by atoms with E-state index in [4.69, 9.17) is 23.7 Å². The fourth-order valence-electron chi connectivity index (χ4n) is 3.24. The predicted molar refractivity (Wildman–Crippen MR) is 127 cm³/mol. The van der Waals surface area contributed by atoms with Crippen LogP contribution in [0.25, 0.3) is 11.0 Å². The summed E-state index contributed by atoms with van der Waals surface area (Å²) >= 11 is 0. The Kier molecular flexibility index (Phi) is 8.28. The summed E-state index contributed by atoms with van der Waals surface area (Å²) in [6.45, 7) is 7.82. The van der Waals surface area contributed by atoms with Gasteiger partial charge in [-0.15, -0.1) is 6.58 Å². The maximum atomic E-state index is 12.5. The Morgan fingerprint density at radius 1 is 1.12 bits per heavy atom. The molecule has 0 bridgehead atoms. The largest absolute Gasteiger partial charge is 0.494 e. The highest BCUT2D eigenvalue weighted by atomic mass is 16.5. The number of nitrogens with one attached hydrogen (secondary N) is 1. The van der Waals surface area contributed by atoms with Crippen molar-refractivity contribution < 1.29 is 33.3 Å². The zero-order valence-electron chi connectivity index (χ0n) is 19.0. The first-order valence-corrected chi connectivity index (χ1v) is 10.7. The van der Waals surface area contributed by atoms with Crippen LogP contribution in [0.15, 0.2) is 58.6 Å². The quantitative estimate of drug-likeness (QED) is 0.233. The van der Waals surface area contributed by atoms with Crippen molar-refractivity contribution in [2.24, 2.45) is 5.10 Å². The molecule has 9 heteroatoms. The van der Waals surface area contributed by atoms with E-state index in [2.05, 4.69) is 17.1 Å². The van der Waals surface area contributed by atoms with E-state index in [0.29, 0.717) is 53.6 Å². The van der Waals surface area contributed by atoms with E-state index >= 15 is 0 Å². The van der Waals surface area contributed by atoms with Crippen LogP contribution in [0.2, 0.25) is 0 Å². The molecule has 0 spiro atoms. The summed E-state index contributed by atoms with van der Waals surface area (Å²) in [7, 11) is 0. The van der Waals surface area contributed by atoms with E-state index in [1.807, 2.05) is 6.92 Å². The van der Waals surface area contributed by atoms with Gasteiger partial charge in [0.1, 0.15) is 11.3 Å². The van der Waals surface area contributed by atoms with Crippen LogP contribution in [0, 0.1) is 0 Å². The molecule has 1 amide bonds. The Hall–Kier alpha value is -4.27. The normalized spacial score (nSPS) is 10.9. The molecule has 2 aromatic carbocycles. The third-order valence-electron chi connectivity index (χ3n) is 4.56. The van der Waals surface area contributed by atoms with Gasteiger partial charge >= 0.3 is 11.9 Å². The Labute approximate surface area is 196 Å². The number of ether oxygens (including phenoxy) is 3. The number of hydrogen-bond acceptors (Lipinski definition) is 7. The topological polar surface area (TPSA) is 120 Å². The van der Waals surface area contributed by atoms with Gasteiger partial charge in [0.15, 0.2) is 23.9 Å². The number of furan rings is 1. The second-order valence-electron chi connectivity index (χ2n) is 7.06. The van der Waals surface area contributed by atoms with Gasteiger partial charge in [-0.1, -0.05) is 6.08 Å². The highest BCUT2D eigenvalue weighted by Gasteiger charge is 2.15. The van der Waals surface area contributed by atoms with E-state index in [1.54, 1.807) is 49.4 Å². The molecule has 0 aliphatic carbocycles. The van der Waals surface area contributed by atoms with Crippen molar-refractivity contribution in [3.63, 3.8) is 0 Å². The highest BCUT2D eigenvalue weighted by Crippen LogP contribution is 2.33. The zero-order chi connectivity index (χ0) is 24.5. The molecule has 3 aromatic rings. The standard InChI is InChI=1S/C25H26N2O7/c1-4-7-17-10-16(11-21(32-6-3)24(17)33-15-23(28)29)14-26-27-25(30)22-13-18-12-19(31-5-2)8-9-20(18)34-22/h4,8-14H,1,5-7,15H2,2-3H3,(H,27,30)(H,28,29)/b26-14+. The van der Waals surface area contributed by atoms with E-state index in [-0.39, 0.29) is 5.76 Å². The van der Waals surface area contributed by atoms with Crippen molar-refractivity contribution in [2.45, 2.75) is 20.3 Å². The zero-order valence-corrected chi connectivity index (χ0v) is 19.0. The summed E-state index contributed by atoms with van der Waals surface area (Å²) in [5, 5.41) is 13.7. The number of nitrogens with zero attached hydrogens (tertiary/aromatic N) is 1. The fraction of sp³-hybridized carbons (Fsp3) is 0.240. The van der Waals surface area contributed by atoms with Crippen LogP contribution in [-0.4, -0.2) is 43.0 Å². The van der Waals surface area contributed by atoms with Crippen molar-refractivity contribution in [3.05, 3.63) is 65.9 Å². The summed E-state index contributed by atoms with van der Waals surface area (Å²) < 4.78 is 22.1. The second kappa shape index (κ2) is 11.6. The van der Waals surface area contributed by atoms with Crippen LogP contribution in [0.5, 0.6) is 17.2 Å². The summed E-state index contributed by atoms with van der Waals surface area (Å²) in [4.78, 5) is 23.4. The van der Waals surface area contributed by atoms with Crippen LogP contribution < -0.4 is 19.6 Å². The Balaban J connectivity index is 1.78. The lowest BCUT2D eigenvalue weighted by Gasteiger charge is -2.15. The van der Waals surface area contributed by atoms with Gasteiger partial charge in [-0.05, 0) is 62.2 Å². The molecule has 34 heavy (non-hydrogen) atoms. The number of aliphatic carboxylic acids is 1. The monoisotopic (exact) mass is 466 g/mol. The lowest BCUT2D eigenvalue weighted by atomic mass is 10.1. The number of hydrogen-bond donors (Lipinski definition) is 2. The number of allylic oxidation sites excluding steroid dienone is 1. The molecule has 0 saturated carbocycles. The lowest BCUT2D eigenvalue weighted by Crippen LogP contribution is -2.16. The second-order valence-corrected chi connectivity index (χ2v) is 7.06. The van der Waals surface area contributed by atoms with Crippen LogP contribution >= 0.6 is 0 Å². The van der Waals surface area contributed by atoms with Crippen molar-refractivity contribution >= 4 is 29.1 Å². The SMILES string of the molecule is C=CCc1cc(/C=N/NC(=O)c2cc3cc(OCC)ccc3o2)cc(OCC)c1OCC(=O)O. The van der Waals surface area contributed by atoms with Crippen molar-refractivity contribution in [1.82, 2.24) is 5.43 Å². The molecule has 9 nitrogen and oxygen atoms in total. The number of rotatable bonds is 12. The number of carbonyl (C=O) groups excluding carboxylic acids is 1. The minimum absolute atomic E-state index is 0.112. The van der Waals surface area contributed by atoms with Gasteiger partial charge in [0, 0.05) is 10.9 Å². The summed E-state index contributed by atoms with van der Waals surface area (Å²) in [5.74, 6) is -0.0990. The number of benzene rings is 2. The van der Waals surface area contributed by atoms with Crippen LogP contribution in [-0.2, 0) is 11.2 Å². The first-order chi connectivity index (χ1) is 16.4. The predicted octanol–water partition coefficient (Wildman–Crippen LogP) is 4.19. The average Bonchev–Trinajstić information content (AvgIpc) is 3.23. The van der Waals surface area contributed by atoms with Gasteiger partial charge in [0.2, 0.25) is 0 Å². The molecular formula is C25H26N2O7. The average molecular weight is 466 g/mol. The molecule has 0 saturated heterocycles. The molecule has 1 aromatic heterocycles. The molecule has 0 aliphatic heterocycles. The van der Waals surface area contributed by atoms with Crippen LogP contribution in [0.1, 0.15) is 35.5 Å². The van der Waals surface area contributed by atoms with E-state index in [1.165, 1.54) is 6.21 Å². The van der Waals surface area contributed by atoms with E-state index < -0.39 is 18.5 Å². The van der Waals surface area contributed by atoms with E-state index in [9.17, 15) is 9.59 Å². The maximum Gasteiger partial charge on any atom is 0.341 e. The number of carboxylic acids is 1. The van der Waals surface area contributed by atoms with E-state index in [0.717, 1.165) is 5.39 Å². The third-order valence-corrected chi connectivity index (χ3v) is 4.56. The Morgan fingerprint density at radius 3 is 2.62 bits per heavy atom. The number of carbonyl (C=O) groups is 2. The van der Waals surface area contributed by atoms with Gasteiger partial charge in [-0.2, -0.15) is 5.10 Å². The third kappa shape index (κ3) is 6.16.